The molecular formula is C19H14O2. The molecule has 0 spiro atoms. The van der Waals surface area contributed by atoms with Crippen LogP contribution < -0.4 is 5.43 Å². The van der Waals surface area contributed by atoms with E-state index in [4.69, 9.17) is 0 Å². The molecule has 102 valence electrons. The molecule has 0 bridgehead atoms. The van der Waals surface area contributed by atoms with Crippen LogP contribution in [0.2, 0.25) is 0 Å². The van der Waals surface area contributed by atoms with E-state index in [1.165, 1.54) is 12.1 Å². The number of aromatic hydroxyl groups is 1. The standard InChI is InChI=1S/C19H14O2/c20-18-12-16(14-7-3-1-4-8-14)11-17(13-19(18)21)15-9-5-2-6-10-15/h1-13H,(H,20,21). The molecule has 0 radical (unpaired) electrons. The van der Waals surface area contributed by atoms with Gasteiger partial charge in [0.25, 0.3) is 0 Å². The molecule has 0 fully saturated rings. The lowest BCUT2D eigenvalue weighted by atomic mass is 10.0. The van der Waals surface area contributed by atoms with E-state index in [2.05, 4.69) is 0 Å². The van der Waals surface area contributed by atoms with Gasteiger partial charge in [-0.2, -0.15) is 0 Å². The van der Waals surface area contributed by atoms with Crippen LogP contribution in [-0.4, -0.2) is 5.11 Å². The first-order chi connectivity index (χ1) is 10.2. The monoisotopic (exact) mass is 274 g/mol. The molecule has 0 aliphatic rings. The first kappa shape index (κ1) is 13.1. The van der Waals surface area contributed by atoms with E-state index in [-0.39, 0.29) is 11.2 Å². The quantitative estimate of drug-likeness (QED) is 0.764. The summed E-state index contributed by atoms with van der Waals surface area (Å²) in [5, 5.41) is 9.88. The van der Waals surface area contributed by atoms with Gasteiger partial charge in [-0.3, -0.25) is 4.79 Å². The summed E-state index contributed by atoms with van der Waals surface area (Å²) in [7, 11) is 0. The van der Waals surface area contributed by atoms with Gasteiger partial charge in [-0.05, 0) is 40.5 Å². The Balaban J connectivity index is 2.26. The minimum Gasteiger partial charge on any atom is -0.504 e. The first-order valence-corrected chi connectivity index (χ1v) is 6.73. The molecular weight excluding hydrogens is 260 g/mol. The molecule has 0 heterocycles. The third kappa shape index (κ3) is 2.84. The molecule has 0 aliphatic heterocycles. The van der Waals surface area contributed by atoms with Gasteiger partial charge in [0.2, 0.25) is 5.43 Å². The highest BCUT2D eigenvalue weighted by Crippen LogP contribution is 2.26. The number of hydrogen-bond acceptors (Lipinski definition) is 2. The van der Waals surface area contributed by atoms with E-state index < -0.39 is 0 Å². The van der Waals surface area contributed by atoms with Gasteiger partial charge in [-0.15, -0.1) is 0 Å². The average molecular weight is 274 g/mol. The average Bonchev–Trinajstić information content (AvgIpc) is 2.69. The van der Waals surface area contributed by atoms with Gasteiger partial charge in [0.1, 0.15) is 0 Å². The van der Waals surface area contributed by atoms with Crippen LogP contribution in [0, 0.1) is 0 Å². The van der Waals surface area contributed by atoms with Gasteiger partial charge >= 0.3 is 0 Å². The maximum absolute atomic E-state index is 11.9. The summed E-state index contributed by atoms with van der Waals surface area (Å²) < 4.78 is 0. The number of hydrogen-bond donors (Lipinski definition) is 1. The molecule has 0 saturated carbocycles. The second kappa shape index (κ2) is 5.63. The van der Waals surface area contributed by atoms with Gasteiger partial charge in [-0.1, -0.05) is 60.7 Å². The highest BCUT2D eigenvalue weighted by molar-refractivity contribution is 5.73. The van der Waals surface area contributed by atoms with E-state index in [0.29, 0.717) is 0 Å². The lowest BCUT2D eigenvalue weighted by Gasteiger charge is -2.01. The summed E-state index contributed by atoms with van der Waals surface area (Å²) >= 11 is 0. The normalized spacial score (nSPS) is 10.3. The molecule has 3 aromatic rings. The van der Waals surface area contributed by atoms with Crippen molar-refractivity contribution in [2.75, 3.05) is 0 Å². The van der Waals surface area contributed by atoms with E-state index in [1.807, 2.05) is 66.7 Å². The number of benzene rings is 2. The fourth-order valence-corrected chi connectivity index (χ4v) is 2.28. The SMILES string of the molecule is O=c1cc(-c2ccccc2)cc(-c2ccccc2)cc1O. The predicted octanol–water partition coefficient (Wildman–Crippen LogP) is 4.09. The summed E-state index contributed by atoms with van der Waals surface area (Å²) in [6.45, 7) is 0. The van der Waals surface area contributed by atoms with E-state index in [1.54, 1.807) is 0 Å². The summed E-state index contributed by atoms with van der Waals surface area (Å²) in [5.74, 6) is -0.240. The van der Waals surface area contributed by atoms with Crippen molar-refractivity contribution >= 4 is 0 Å². The van der Waals surface area contributed by atoms with Crippen LogP contribution in [0.1, 0.15) is 0 Å². The van der Waals surface area contributed by atoms with Crippen LogP contribution in [0.25, 0.3) is 22.3 Å². The second-order valence-electron chi connectivity index (χ2n) is 4.83. The summed E-state index contributed by atoms with van der Waals surface area (Å²) in [6, 6.07) is 24.3. The van der Waals surface area contributed by atoms with Crippen LogP contribution in [-0.2, 0) is 0 Å². The Labute approximate surface area is 123 Å². The van der Waals surface area contributed by atoms with E-state index >= 15 is 0 Å². The van der Waals surface area contributed by atoms with E-state index in [9.17, 15) is 9.90 Å². The molecule has 0 amide bonds. The molecule has 0 aromatic heterocycles. The third-order valence-electron chi connectivity index (χ3n) is 3.36. The van der Waals surface area contributed by atoms with E-state index in [0.717, 1.165) is 22.3 Å². The zero-order valence-corrected chi connectivity index (χ0v) is 11.4. The lowest BCUT2D eigenvalue weighted by molar-refractivity contribution is 0.471. The fraction of sp³-hybridized carbons (Fsp3) is 0. The Morgan fingerprint density at radius 3 is 1.57 bits per heavy atom. The van der Waals surface area contributed by atoms with Crippen LogP contribution in [0.4, 0.5) is 0 Å². The smallest absolute Gasteiger partial charge is 0.220 e. The zero-order valence-electron chi connectivity index (χ0n) is 11.4. The highest BCUT2D eigenvalue weighted by atomic mass is 16.3. The predicted molar refractivity (Wildman–Crippen MR) is 85.2 cm³/mol. The lowest BCUT2D eigenvalue weighted by Crippen LogP contribution is -1.93. The molecule has 2 nitrogen and oxygen atoms in total. The molecule has 3 rings (SSSR count). The molecule has 0 atom stereocenters. The van der Waals surface area contributed by atoms with Gasteiger partial charge in [0.05, 0.1) is 0 Å². The molecule has 2 heteroatoms. The molecule has 3 aromatic carbocycles. The third-order valence-corrected chi connectivity index (χ3v) is 3.36. The van der Waals surface area contributed by atoms with Crippen molar-refractivity contribution in [1.29, 1.82) is 0 Å². The Morgan fingerprint density at radius 2 is 1.05 bits per heavy atom. The molecule has 0 unspecified atom stereocenters. The van der Waals surface area contributed by atoms with Crippen molar-refractivity contribution in [3.05, 3.63) is 89.1 Å². The van der Waals surface area contributed by atoms with Crippen LogP contribution in [0.15, 0.2) is 83.7 Å². The highest BCUT2D eigenvalue weighted by Gasteiger charge is 2.05. The first-order valence-electron chi connectivity index (χ1n) is 6.73. The maximum Gasteiger partial charge on any atom is 0.220 e. The summed E-state index contributed by atoms with van der Waals surface area (Å²) in [4.78, 5) is 11.9. The van der Waals surface area contributed by atoms with Crippen molar-refractivity contribution < 1.29 is 5.11 Å². The molecule has 1 N–H and O–H groups in total. The van der Waals surface area contributed by atoms with Crippen LogP contribution in [0.5, 0.6) is 5.75 Å². The molecule has 21 heavy (non-hydrogen) atoms. The fourth-order valence-electron chi connectivity index (χ4n) is 2.28. The Hall–Kier alpha value is -2.87. The summed E-state index contributed by atoms with van der Waals surface area (Å²) in [6.07, 6.45) is 0. The summed E-state index contributed by atoms with van der Waals surface area (Å²) in [5.41, 5.74) is 3.13. The zero-order chi connectivity index (χ0) is 14.7. The van der Waals surface area contributed by atoms with Crippen molar-refractivity contribution in [1.82, 2.24) is 0 Å². The van der Waals surface area contributed by atoms with Crippen molar-refractivity contribution in [2.24, 2.45) is 0 Å². The molecule has 0 aliphatic carbocycles. The van der Waals surface area contributed by atoms with Gasteiger partial charge < -0.3 is 5.11 Å². The maximum atomic E-state index is 11.9. The van der Waals surface area contributed by atoms with Crippen molar-refractivity contribution in [3.8, 4) is 28.0 Å². The van der Waals surface area contributed by atoms with Crippen LogP contribution >= 0.6 is 0 Å². The van der Waals surface area contributed by atoms with Crippen molar-refractivity contribution in [2.45, 2.75) is 0 Å². The van der Waals surface area contributed by atoms with Crippen molar-refractivity contribution in [3.63, 3.8) is 0 Å². The Kier molecular flexibility index (Phi) is 3.52. The molecule has 0 saturated heterocycles. The Bertz CT molecular complexity index is 809. The second-order valence-corrected chi connectivity index (χ2v) is 4.83. The number of rotatable bonds is 2. The topological polar surface area (TPSA) is 37.3 Å². The van der Waals surface area contributed by atoms with Gasteiger partial charge in [0.15, 0.2) is 5.75 Å². The largest absolute Gasteiger partial charge is 0.504 e. The van der Waals surface area contributed by atoms with Crippen LogP contribution in [0.3, 0.4) is 0 Å². The Morgan fingerprint density at radius 1 is 0.571 bits per heavy atom. The van der Waals surface area contributed by atoms with Gasteiger partial charge in [-0.25, -0.2) is 0 Å². The minimum atomic E-state index is -0.379. The van der Waals surface area contributed by atoms with Gasteiger partial charge in [0, 0.05) is 0 Å². The minimum absolute atomic E-state index is 0.240.